The van der Waals surface area contributed by atoms with Gasteiger partial charge in [0.05, 0.1) is 0 Å². The summed E-state index contributed by atoms with van der Waals surface area (Å²) >= 11 is 0. The lowest BCUT2D eigenvalue weighted by atomic mass is 10.1. The van der Waals surface area contributed by atoms with Gasteiger partial charge in [-0.3, -0.25) is 9.79 Å². The van der Waals surface area contributed by atoms with Gasteiger partial charge in [-0.2, -0.15) is 0 Å². The first kappa shape index (κ1) is 23.9. The monoisotopic (exact) mass is 393 g/mol. The molecule has 1 aromatic carbocycles. The smallest absolute Gasteiger partial charge is 0.251 e. The zero-order valence-electron chi connectivity index (χ0n) is 17.9. The maximum absolute atomic E-state index is 13.6. The van der Waals surface area contributed by atoms with E-state index in [9.17, 15) is 9.18 Å². The van der Waals surface area contributed by atoms with Crippen LogP contribution in [-0.2, 0) is 0 Å². The van der Waals surface area contributed by atoms with Crippen LogP contribution in [0.1, 0.15) is 49.5 Å². The highest BCUT2D eigenvalue weighted by molar-refractivity contribution is 5.94. The van der Waals surface area contributed by atoms with Crippen LogP contribution < -0.4 is 16.0 Å². The molecule has 1 amide bonds. The van der Waals surface area contributed by atoms with Crippen molar-refractivity contribution in [1.29, 1.82) is 0 Å². The van der Waals surface area contributed by atoms with Crippen LogP contribution in [-0.4, -0.2) is 62.6 Å². The molecule has 0 fully saturated rings. The summed E-state index contributed by atoms with van der Waals surface area (Å²) in [7, 11) is 1.73. The van der Waals surface area contributed by atoms with Crippen molar-refractivity contribution in [1.82, 2.24) is 20.9 Å². The minimum atomic E-state index is -0.370. The number of nitrogens with zero attached hydrogens (tertiary/aromatic N) is 2. The fourth-order valence-corrected chi connectivity index (χ4v) is 2.85. The van der Waals surface area contributed by atoms with Crippen molar-refractivity contribution in [3.05, 3.63) is 35.1 Å². The molecule has 1 rings (SSSR count). The van der Waals surface area contributed by atoms with Gasteiger partial charge >= 0.3 is 0 Å². The molecule has 1 unspecified atom stereocenters. The third-order valence-electron chi connectivity index (χ3n) is 4.75. The summed E-state index contributed by atoms with van der Waals surface area (Å²) in [6.07, 6.45) is 2.20. The van der Waals surface area contributed by atoms with Crippen molar-refractivity contribution in [2.45, 2.75) is 46.6 Å². The van der Waals surface area contributed by atoms with Crippen molar-refractivity contribution in [2.75, 3.05) is 39.8 Å². The highest BCUT2D eigenvalue weighted by Crippen LogP contribution is 2.08. The first-order chi connectivity index (χ1) is 13.4. The molecule has 28 heavy (non-hydrogen) atoms. The van der Waals surface area contributed by atoms with Gasteiger partial charge in [-0.1, -0.05) is 19.9 Å². The van der Waals surface area contributed by atoms with Gasteiger partial charge in [-0.05, 0) is 64.0 Å². The van der Waals surface area contributed by atoms with Gasteiger partial charge in [0.2, 0.25) is 0 Å². The molecule has 0 aromatic heterocycles. The summed E-state index contributed by atoms with van der Waals surface area (Å²) in [5, 5.41) is 9.34. The van der Waals surface area contributed by atoms with E-state index < -0.39 is 0 Å². The van der Waals surface area contributed by atoms with E-state index in [1.165, 1.54) is 6.07 Å². The maximum Gasteiger partial charge on any atom is 0.251 e. The minimum Gasteiger partial charge on any atom is -0.355 e. The maximum atomic E-state index is 13.6. The minimum absolute atomic E-state index is 0.284. The van der Waals surface area contributed by atoms with E-state index >= 15 is 0 Å². The number of aliphatic imine (C=N–C) groups is 1. The van der Waals surface area contributed by atoms with Crippen LogP contribution >= 0.6 is 0 Å². The summed E-state index contributed by atoms with van der Waals surface area (Å²) in [4.78, 5) is 18.7. The average molecular weight is 394 g/mol. The van der Waals surface area contributed by atoms with Gasteiger partial charge in [0.1, 0.15) is 5.82 Å². The van der Waals surface area contributed by atoms with E-state index in [-0.39, 0.29) is 11.7 Å². The van der Waals surface area contributed by atoms with Crippen molar-refractivity contribution in [3.63, 3.8) is 0 Å². The molecule has 0 saturated carbocycles. The van der Waals surface area contributed by atoms with Crippen LogP contribution in [0.3, 0.4) is 0 Å². The number of hydrogen-bond acceptors (Lipinski definition) is 3. The highest BCUT2D eigenvalue weighted by atomic mass is 19.1. The van der Waals surface area contributed by atoms with Crippen LogP contribution in [0.15, 0.2) is 23.2 Å². The molecule has 0 spiro atoms. The average Bonchev–Trinajstić information content (AvgIpc) is 2.69. The lowest BCUT2D eigenvalue weighted by Crippen LogP contribution is -2.45. The summed E-state index contributed by atoms with van der Waals surface area (Å²) in [5.74, 6) is 0.0599. The van der Waals surface area contributed by atoms with Gasteiger partial charge in [0.25, 0.3) is 5.91 Å². The molecule has 0 saturated heterocycles. The van der Waals surface area contributed by atoms with E-state index in [2.05, 4.69) is 46.6 Å². The summed E-state index contributed by atoms with van der Waals surface area (Å²) in [6, 6.07) is 4.81. The Hall–Kier alpha value is -2.15. The van der Waals surface area contributed by atoms with Gasteiger partial charge in [0, 0.05) is 31.7 Å². The molecule has 1 atom stereocenters. The Morgan fingerprint density at radius 2 is 1.89 bits per heavy atom. The fraction of sp³-hybridized carbons (Fsp3) is 0.619. The Morgan fingerprint density at radius 3 is 2.50 bits per heavy atom. The Kier molecular flexibility index (Phi) is 11.2. The second kappa shape index (κ2) is 13.1. The van der Waals surface area contributed by atoms with Gasteiger partial charge in [0.15, 0.2) is 5.96 Å². The van der Waals surface area contributed by atoms with Gasteiger partial charge < -0.3 is 20.9 Å². The zero-order valence-corrected chi connectivity index (χ0v) is 17.9. The molecule has 6 nitrogen and oxygen atoms in total. The second-order valence-corrected chi connectivity index (χ2v) is 6.93. The first-order valence-electron chi connectivity index (χ1n) is 10.1. The molecule has 3 N–H and O–H groups in total. The number of aryl methyl sites for hydroxylation is 1. The highest BCUT2D eigenvalue weighted by Gasteiger charge is 2.09. The molecule has 0 radical (unpaired) electrons. The van der Waals surface area contributed by atoms with Crippen LogP contribution in [0.4, 0.5) is 4.39 Å². The number of guanidine groups is 1. The topological polar surface area (TPSA) is 68.8 Å². The molecular formula is C21H36FN5O. The summed E-state index contributed by atoms with van der Waals surface area (Å²) in [6.45, 7) is 12.4. The molecule has 0 aliphatic heterocycles. The van der Waals surface area contributed by atoms with Gasteiger partial charge in [-0.25, -0.2) is 4.39 Å². The zero-order chi connectivity index (χ0) is 20.9. The second-order valence-electron chi connectivity index (χ2n) is 6.93. The molecule has 0 heterocycles. The standard InChI is InChI=1S/C21H36FN5O/c1-6-27(7-2)14-8-9-17(4)26-21(23-5)25-13-12-24-20(28)18-11-10-16(3)19(22)15-18/h10-11,15,17H,6-9,12-14H2,1-5H3,(H,24,28)(H2,23,25,26). The Morgan fingerprint density at radius 1 is 1.21 bits per heavy atom. The molecule has 0 bridgehead atoms. The number of carbonyl (C=O) groups excluding carboxylic acids is 1. The van der Waals surface area contributed by atoms with Crippen molar-refractivity contribution in [3.8, 4) is 0 Å². The molecule has 7 heteroatoms. The van der Waals surface area contributed by atoms with Crippen LogP contribution in [0.25, 0.3) is 0 Å². The molecule has 0 aliphatic rings. The van der Waals surface area contributed by atoms with E-state index in [4.69, 9.17) is 0 Å². The molecule has 158 valence electrons. The van der Waals surface area contributed by atoms with Crippen molar-refractivity contribution >= 4 is 11.9 Å². The van der Waals surface area contributed by atoms with Crippen LogP contribution in [0.5, 0.6) is 0 Å². The SMILES string of the molecule is CCN(CC)CCCC(C)NC(=NC)NCCNC(=O)c1ccc(C)c(F)c1. The number of carbonyl (C=O) groups is 1. The van der Waals surface area contributed by atoms with Crippen LogP contribution in [0, 0.1) is 12.7 Å². The number of rotatable bonds is 11. The number of hydrogen-bond donors (Lipinski definition) is 3. The number of benzene rings is 1. The Bertz CT molecular complexity index is 631. The molecular weight excluding hydrogens is 357 g/mol. The third kappa shape index (κ3) is 8.69. The molecule has 0 aliphatic carbocycles. The lowest BCUT2D eigenvalue weighted by Gasteiger charge is -2.21. The van der Waals surface area contributed by atoms with Gasteiger partial charge in [-0.15, -0.1) is 0 Å². The van der Waals surface area contributed by atoms with Crippen molar-refractivity contribution in [2.24, 2.45) is 4.99 Å². The predicted octanol–water partition coefficient (Wildman–Crippen LogP) is 2.54. The van der Waals surface area contributed by atoms with Crippen LogP contribution in [0.2, 0.25) is 0 Å². The van der Waals surface area contributed by atoms with E-state index in [0.717, 1.165) is 32.5 Å². The normalized spacial score (nSPS) is 12.8. The van der Waals surface area contributed by atoms with Crippen molar-refractivity contribution < 1.29 is 9.18 Å². The molecule has 1 aromatic rings. The third-order valence-corrected chi connectivity index (χ3v) is 4.75. The number of amides is 1. The Labute approximate surface area is 169 Å². The van der Waals surface area contributed by atoms with E-state index in [0.29, 0.717) is 36.2 Å². The fourth-order valence-electron chi connectivity index (χ4n) is 2.85. The van der Waals surface area contributed by atoms with E-state index in [1.54, 1.807) is 26.1 Å². The Balaban J connectivity index is 2.28. The quantitative estimate of drug-likeness (QED) is 0.307. The largest absolute Gasteiger partial charge is 0.355 e. The number of nitrogens with one attached hydrogen (secondary N) is 3. The summed E-state index contributed by atoms with van der Waals surface area (Å²) in [5.41, 5.74) is 0.853. The predicted molar refractivity (Wildman–Crippen MR) is 114 cm³/mol. The lowest BCUT2D eigenvalue weighted by molar-refractivity contribution is 0.0954. The summed E-state index contributed by atoms with van der Waals surface area (Å²) < 4.78 is 13.6. The van der Waals surface area contributed by atoms with E-state index in [1.807, 2.05) is 0 Å². The number of halogens is 1. The first-order valence-corrected chi connectivity index (χ1v) is 10.1.